The van der Waals surface area contributed by atoms with E-state index >= 15 is 0 Å². The summed E-state index contributed by atoms with van der Waals surface area (Å²) < 4.78 is 4.77. The number of halogens is 1. The zero-order valence-corrected chi connectivity index (χ0v) is 19.8. The van der Waals surface area contributed by atoms with Gasteiger partial charge in [-0.1, -0.05) is 101 Å². The van der Waals surface area contributed by atoms with E-state index in [1.54, 1.807) is 0 Å². The Bertz CT molecular complexity index is 606. The molecule has 1 heterocycles. The highest BCUT2D eigenvalue weighted by atomic mass is 79.9. The molecular weight excluding hydrogens is 408 g/mol. The van der Waals surface area contributed by atoms with Crippen molar-refractivity contribution in [1.82, 2.24) is 4.57 Å². The molecule has 0 unspecified atom stereocenters. The van der Waals surface area contributed by atoms with Crippen molar-refractivity contribution in [2.45, 2.75) is 104 Å². The molecular formula is C25H41BrN2. The van der Waals surface area contributed by atoms with Gasteiger partial charge in [-0.25, -0.2) is 9.13 Å². The molecule has 158 valence electrons. The molecule has 1 aromatic carbocycles. The van der Waals surface area contributed by atoms with Gasteiger partial charge in [-0.3, -0.25) is 0 Å². The summed E-state index contributed by atoms with van der Waals surface area (Å²) in [6.07, 6.45) is 21.4. The number of aromatic nitrogens is 2. The van der Waals surface area contributed by atoms with Crippen LogP contribution >= 0.6 is 0 Å². The fraction of sp³-hybridized carbons (Fsp3) is 0.640. The maximum atomic E-state index is 2.42. The summed E-state index contributed by atoms with van der Waals surface area (Å²) in [5.74, 6) is 1.36. The molecule has 0 bridgehead atoms. The lowest BCUT2D eigenvalue weighted by atomic mass is 10.1. The number of nitrogens with zero attached hydrogens (tertiary/aromatic N) is 2. The molecule has 0 N–H and O–H groups in total. The topological polar surface area (TPSA) is 8.81 Å². The van der Waals surface area contributed by atoms with Crippen molar-refractivity contribution >= 4 is 0 Å². The number of imidazole rings is 1. The van der Waals surface area contributed by atoms with Crippen LogP contribution in [0.15, 0.2) is 42.7 Å². The molecule has 0 saturated carbocycles. The molecule has 0 atom stereocenters. The van der Waals surface area contributed by atoms with Crippen molar-refractivity contribution in [3.8, 4) is 0 Å². The summed E-state index contributed by atoms with van der Waals surface area (Å²) in [7, 11) is 0. The molecule has 2 aromatic rings. The summed E-state index contributed by atoms with van der Waals surface area (Å²) in [6, 6.07) is 10.7. The Hall–Kier alpha value is -1.09. The molecule has 2 nitrogen and oxygen atoms in total. The molecule has 0 saturated heterocycles. The number of benzene rings is 1. The maximum absolute atomic E-state index is 2.42. The number of unbranched alkanes of at least 4 members (excludes halogenated alkanes) is 11. The molecule has 0 amide bonds. The monoisotopic (exact) mass is 448 g/mol. The van der Waals surface area contributed by atoms with E-state index < -0.39 is 0 Å². The average Bonchev–Trinajstić information content (AvgIpc) is 3.03. The highest BCUT2D eigenvalue weighted by Crippen LogP contribution is 2.12. The van der Waals surface area contributed by atoms with Gasteiger partial charge >= 0.3 is 0 Å². The Morgan fingerprint density at radius 1 is 0.750 bits per heavy atom. The van der Waals surface area contributed by atoms with E-state index in [1.807, 2.05) is 0 Å². The van der Waals surface area contributed by atoms with Crippen LogP contribution in [0, 0.1) is 6.92 Å². The van der Waals surface area contributed by atoms with E-state index in [1.165, 1.54) is 88.4 Å². The first kappa shape index (κ1) is 24.9. The zero-order valence-electron chi connectivity index (χ0n) is 18.2. The second-order valence-electron chi connectivity index (χ2n) is 8.04. The molecule has 0 aliphatic carbocycles. The van der Waals surface area contributed by atoms with E-state index in [2.05, 4.69) is 65.7 Å². The van der Waals surface area contributed by atoms with E-state index in [0.29, 0.717) is 0 Å². The van der Waals surface area contributed by atoms with Crippen LogP contribution in [-0.2, 0) is 13.1 Å². The Morgan fingerprint density at radius 2 is 1.29 bits per heavy atom. The van der Waals surface area contributed by atoms with Crippen molar-refractivity contribution < 1.29 is 21.5 Å². The van der Waals surface area contributed by atoms with Gasteiger partial charge in [0.05, 0.1) is 6.54 Å². The van der Waals surface area contributed by atoms with Gasteiger partial charge in [0.15, 0.2) is 0 Å². The van der Waals surface area contributed by atoms with Crippen LogP contribution in [0.5, 0.6) is 0 Å². The highest BCUT2D eigenvalue weighted by Gasteiger charge is 2.11. The number of hydrogen-bond donors (Lipinski definition) is 0. The molecule has 0 aliphatic heterocycles. The van der Waals surface area contributed by atoms with E-state index in [-0.39, 0.29) is 17.0 Å². The van der Waals surface area contributed by atoms with E-state index in [4.69, 9.17) is 0 Å². The number of aryl methyl sites for hydroxylation is 1. The van der Waals surface area contributed by atoms with Crippen molar-refractivity contribution in [1.29, 1.82) is 0 Å². The van der Waals surface area contributed by atoms with Gasteiger partial charge in [0.2, 0.25) is 0 Å². The van der Waals surface area contributed by atoms with Gasteiger partial charge < -0.3 is 17.0 Å². The molecule has 0 spiro atoms. The molecule has 2 rings (SSSR count). The van der Waals surface area contributed by atoms with Gasteiger partial charge in [-0.2, -0.15) is 0 Å². The minimum absolute atomic E-state index is 0. The molecule has 0 aliphatic rings. The number of hydrogen-bond acceptors (Lipinski definition) is 0. The van der Waals surface area contributed by atoms with Crippen LogP contribution in [-0.4, -0.2) is 4.57 Å². The smallest absolute Gasteiger partial charge is 0.253 e. The standard InChI is InChI=1S/C25H41N2.BrH/c1-3-4-5-6-7-8-9-10-11-12-13-17-20-26-21-22-27(24(26)2)23-25-18-15-14-16-19-25;/h14-16,18-19,21-22H,3-13,17,20,23H2,1-2H3;1H/q+1;/p-1. The Kier molecular flexibility index (Phi) is 14.1. The van der Waals surface area contributed by atoms with Crippen molar-refractivity contribution in [2.75, 3.05) is 0 Å². The van der Waals surface area contributed by atoms with Crippen molar-refractivity contribution in [2.24, 2.45) is 0 Å². The summed E-state index contributed by atoms with van der Waals surface area (Å²) in [5, 5.41) is 0. The van der Waals surface area contributed by atoms with E-state index in [9.17, 15) is 0 Å². The van der Waals surface area contributed by atoms with Crippen molar-refractivity contribution in [3.05, 3.63) is 54.1 Å². The van der Waals surface area contributed by atoms with Gasteiger partial charge in [-0.05, 0) is 18.4 Å². The van der Waals surface area contributed by atoms with Crippen LogP contribution in [0.4, 0.5) is 0 Å². The van der Waals surface area contributed by atoms with Gasteiger partial charge in [0.1, 0.15) is 18.9 Å². The Labute approximate surface area is 184 Å². The normalized spacial score (nSPS) is 10.8. The van der Waals surface area contributed by atoms with Gasteiger partial charge in [-0.15, -0.1) is 0 Å². The quantitative estimate of drug-likeness (QED) is 0.289. The third-order valence-electron chi connectivity index (χ3n) is 5.71. The molecule has 0 fully saturated rings. The summed E-state index contributed by atoms with van der Waals surface area (Å²) in [5.41, 5.74) is 1.37. The average molecular weight is 450 g/mol. The minimum Gasteiger partial charge on any atom is -1.00 e. The molecule has 1 aromatic heterocycles. The molecule has 0 radical (unpaired) electrons. The van der Waals surface area contributed by atoms with Gasteiger partial charge in [0, 0.05) is 6.92 Å². The second kappa shape index (κ2) is 15.8. The third-order valence-corrected chi connectivity index (χ3v) is 5.71. The lowest BCUT2D eigenvalue weighted by Gasteiger charge is -2.03. The molecule has 28 heavy (non-hydrogen) atoms. The van der Waals surface area contributed by atoms with Crippen LogP contribution in [0.2, 0.25) is 0 Å². The fourth-order valence-electron chi connectivity index (χ4n) is 3.85. The van der Waals surface area contributed by atoms with Crippen LogP contribution in [0.3, 0.4) is 0 Å². The second-order valence-corrected chi connectivity index (χ2v) is 8.04. The van der Waals surface area contributed by atoms with E-state index in [0.717, 1.165) is 13.1 Å². The van der Waals surface area contributed by atoms with Crippen LogP contribution < -0.4 is 21.5 Å². The van der Waals surface area contributed by atoms with Crippen LogP contribution in [0.25, 0.3) is 0 Å². The Morgan fingerprint density at radius 3 is 1.86 bits per heavy atom. The third kappa shape index (κ3) is 9.91. The first-order chi connectivity index (χ1) is 13.3. The van der Waals surface area contributed by atoms with Crippen LogP contribution in [0.1, 0.15) is 95.4 Å². The molecule has 3 heteroatoms. The predicted octanol–water partition coefficient (Wildman–Crippen LogP) is 3.84. The van der Waals surface area contributed by atoms with Crippen molar-refractivity contribution in [3.63, 3.8) is 0 Å². The fourth-order valence-corrected chi connectivity index (χ4v) is 3.85. The highest BCUT2D eigenvalue weighted by molar-refractivity contribution is 5.15. The Balaban J connectivity index is 0.00000392. The first-order valence-electron chi connectivity index (χ1n) is 11.4. The minimum atomic E-state index is 0. The summed E-state index contributed by atoms with van der Waals surface area (Å²) in [4.78, 5) is 0. The zero-order chi connectivity index (χ0) is 19.2. The number of rotatable bonds is 15. The summed E-state index contributed by atoms with van der Waals surface area (Å²) >= 11 is 0. The lowest BCUT2D eigenvalue weighted by molar-refractivity contribution is -0.702. The predicted molar refractivity (Wildman–Crippen MR) is 116 cm³/mol. The largest absolute Gasteiger partial charge is 1.00 e. The summed E-state index contributed by atoms with van der Waals surface area (Å²) in [6.45, 7) is 6.66. The van der Waals surface area contributed by atoms with Gasteiger partial charge in [0.25, 0.3) is 5.82 Å². The first-order valence-corrected chi connectivity index (χ1v) is 11.4. The lowest BCUT2D eigenvalue weighted by Crippen LogP contribution is -3.00. The SMILES string of the molecule is CCCCCCCCCCCCCC[n+]1ccn(Cc2ccccc2)c1C.[Br-]. The maximum Gasteiger partial charge on any atom is 0.253 e.